The van der Waals surface area contributed by atoms with Crippen LogP contribution in [0.5, 0.6) is 0 Å². The Morgan fingerprint density at radius 3 is 2.53 bits per heavy atom. The Balaban J connectivity index is 2.73. The van der Waals surface area contributed by atoms with Crippen LogP contribution in [0.25, 0.3) is 0 Å². The quantitative estimate of drug-likeness (QED) is 0.779. The van der Waals surface area contributed by atoms with Crippen molar-refractivity contribution in [3.63, 3.8) is 0 Å². The molecule has 1 N–H and O–H groups in total. The Kier molecular flexibility index (Phi) is 4.60. The van der Waals surface area contributed by atoms with E-state index in [-0.39, 0.29) is 6.10 Å². The van der Waals surface area contributed by atoms with Crippen LogP contribution in [-0.4, -0.2) is 23.9 Å². The van der Waals surface area contributed by atoms with Crippen LogP contribution < -0.4 is 0 Å². The van der Waals surface area contributed by atoms with Crippen LogP contribution in [0.4, 0.5) is 0 Å². The van der Waals surface area contributed by atoms with Gasteiger partial charge in [0.1, 0.15) is 0 Å². The summed E-state index contributed by atoms with van der Waals surface area (Å²) in [4.78, 5) is 0. The molecular weight excluding hydrogens is 188 g/mol. The van der Waals surface area contributed by atoms with E-state index in [0.717, 1.165) is 6.42 Å². The summed E-state index contributed by atoms with van der Waals surface area (Å²) in [5, 5.41) is 10.6. The first-order valence-corrected chi connectivity index (χ1v) is 6.29. The summed E-state index contributed by atoms with van der Waals surface area (Å²) in [7, 11) is 1.68. The number of ether oxygens (including phenoxy) is 1. The van der Waals surface area contributed by atoms with Gasteiger partial charge >= 0.3 is 0 Å². The first-order valence-electron chi connectivity index (χ1n) is 6.29. The van der Waals surface area contributed by atoms with E-state index >= 15 is 0 Å². The standard InChI is InChI=1S/C13H26O2/c1-5-11-8-6-7-9-12(11)13(3,14)10(2)15-4/h10-12,14H,5-9H2,1-4H3. The Morgan fingerprint density at radius 1 is 1.40 bits per heavy atom. The summed E-state index contributed by atoms with van der Waals surface area (Å²) in [5.74, 6) is 1.08. The molecule has 0 aromatic carbocycles. The molecule has 0 aromatic heterocycles. The number of rotatable bonds is 4. The van der Waals surface area contributed by atoms with E-state index < -0.39 is 5.60 Å². The predicted octanol–water partition coefficient (Wildman–Crippen LogP) is 2.99. The summed E-state index contributed by atoms with van der Waals surface area (Å²) >= 11 is 0. The third-order valence-corrected chi connectivity index (χ3v) is 4.36. The maximum Gasteiger partial charge on any atom is 0.0907 e. The van der Waals surface area contributed by atoms with Crippen LogP contribution in [0.1, 0.15) is 52.9 Å². The van der Waals surface area contributed by atoms with Crippen molar-refractivity contribution in [2.75, 3.05) is 7.11 Å². The molecule has 4 unspecified atom stereocenters. The van der Waals surface area contributed by atoms with Crippen molar-refractivity contribution >= 4 is 0 Å². The van der Waals surface area contributed by atoms with Crippen LogP contribution in [-0.2, 0) is 4.74 Å². The molecule has 0 bridgehead atoms. The molecule has 0 aliphatic heterocycles. The summed E-state index contributed by atoms with van der Waals surface area (Å²) in [6, 6.07) is 0. The number of hydrogen-bond acceptors (Lipinski definition) is 2. The summed E-state index contributed by atoms with van der Waals surface area (Å²) < 4.78 is 5.31. The molecule has 1 aliphatic rings. The maximum atomic E-state index is 10.6. The molecule has 2 nitrogen and oxygen atoms in total. The molecule has 1 aliphatic carbocycles. The molecule has 90 valence electrons. The normalized spacial score (nSPS) is 33.4. The fourth-order valence-electron chi connectivity index (χ4n) is 3.01. The van der Waals surface area contributed by atoms with Crippen LogP contribution in [0.3, 0.4) is 0 Å². The van der Waals surface area contributed by atoms with E-state index in [1.165, 1.54) is 25.7 Å². The topological polar surface area (TPSA) is 29.5 Å². The zero-order chi connectivity index (χ0) is 11.5. The fourth-order valence-corrected chi connectivity index (χ4v) is 3.01. The summed E-state index contributed by atoms with van der Waals surface area (Å²) in [6.07, 6.45) is 6.11. The molecule has 0 heterocycles. The Hall–Kier alpha value is -0.0800. The number of hydrogen-bond donors (Lipinski definition) is 1. The lowest BCUT2D eigenvalue weighted by molar-refractivity contribution is -0.130. The molecule has 1 rings (SSSR count). The van der Waals surface area contributed by atoms with Gasteiger partial charge in [0, 0.05) is 7.11 Å². The SMILES string of the molecule is CCC1CCCCC1C(C)(O)C(C)OC. The van der Waals surface area contributed by atoms with Crippen molar-refractivity contribution in [2.24, 2.45) is 11.8 Å². The Bertz CT molecular complexity index is 189. The molecule has 1 saturated carbocycles. The molecular formula is C13H26O2. The lowest BCUT2D eigenvalue weighted by atomic mass is 9.68. The highest BCUT2D eigenvalue weighted by atomic mass is 16.5. The second kappa shape index (κ2) is 5.31. The minimum atomic E-state index is -0.671. The van der Waals surface area contributed by atoms with Gasteiger partial charge in [-0.05, 0) is 32.1 Å². The van der Waals surface area contributed by atoms with Gasteiger partial charge in [-0.25, -0.2) is 0 Å². The molecule has 0 spiro atoms. The van der Waals surface area contributed by atoms with Gasteiger partial charge in [0.15, 0.2) is 0 Å². The third kappa shape index (κ3) is 2.73. The monoisotopic (exact) mass is 214 g/mol. The first-order chi connectivity index (χ1) is 7.04. The van der Waals surface area contributed by atoms with Gasteiger partial charge in [0.2, 0.25) is 0 Å². The number of methoxy groups -OCH3 is 1. The molecule has 0 amide bonds. The predicted molar refractivity (Wildman–Crippen MR) is 62.8 cm³/mol. The Morgan fingerprint density at radius 2 is 2.00 bits per heavy atom. The van der Waals surface area contributed by atoms with Crippen LogP contribution in [0.15, 0.2) is 0 Å². The van der Waals surface area contributed by atoms with Crippen molar-refractivity contribution in [3.05, 3.63) is 0 Å². The lowest BCUT2D eigenvalue weighted by Crippen LogP contribution is -2.49. The first kappa shape index (κ1) is 13.0. The van der Waals surface area contributed by atoms with Gasteiger partial charge in [-0.2, -0.15) is 0 Å². The zero-order valence-corrected chi connectivity index (χ0v) is 10.6. The highest BCUT2D eigenvalue weighted by Crippen LogP contribution is 2.40. The highest BCUT2D eigenvalue weighted by Gasteiger charge is 2.42. The maximum absolute atomic E-state index is 10.6. The van der Waals surface area contributed by atoms with Gasteiger partial charge in [0.25, 0.3) is 0 Å². The number of aliphatic hydroxyl groups is 1. The lowest BCUT2D eigenvalue weighted by Gasteiger charge is -2.43. The largest absolute Gasteiger partial charge is 0.387 e. The highest BCUT2D eigenvalue weighted by molar-refractivity contribution is 4.92. The average Bonchev–Trinajstić information content (AvgIpc) is 2.27. The minimum absolute atomic E-state index is 0.0744. The molecule has 4 atom stereocenters. The average molecular weight is 214 g/mol. The fraction of sp³-hybridized carbons (Fsp3) is 1.00. The molecule has 1 fully saturated rings. The summed E-state index contributed by atoms with van der Waals surface area (Å²) in [5.41, 5.74) is -0.671. The van der Waals surface area contributed by atoms with E-state index in [9.17, 15) is 5.11 Å². The molecule has 15 heavy (non-hydrogen) atoms. The van der Waals surface area contributed by atoms with E-state index in [4.69, 9.17) is 4.74 Å². The third-order valence-electron chi connectivity index (χ3n) is 4.36. The van der Waals surface area contributed by atoms with Crippen molar-refractivity contribution in [3.8, 4) is 0 Å². The van der Waals surface area contributed by atoms with Gasteiger partial charge in [-0.15, -0.1) is 0 Å². The van der Waals surface area contributed by atoms with Crippen molar-refractivity contribution in [1.82, 2.24) is 0 Å². The van der Waals surface area contributed by atoms with Gasteiger partial charge < -0.3 is 9.84 Å². The van der Waals surface area contributed by atoms with Crippen LogP contribution >= 0.6 is 0 Å². The van der Waals surface area contributed by atoms with Crippen LogP contribution in [0, 0.1) is 11.8 Å². The van der Waals surface area contributed by atoms with E-state index in [1.54, 1.807) is 7.11 Å². The van der Waals surface area contributed by atoms with Crippen molar-refractivity contribution in [1.29, 1.82) is 0 Å². The minimum Gasteiger partial charge on any atom is -0.387 e. The Labute approximate surface area is 94.0 Å². The van der Waals surface area contributed by atoms with E-state index in [1.807, 2.05) is 13.8 Å². The summed E-state index contributed by atoms with van der Waals surface area (Å²) in [6.45, 7) is 6.15. The van der Waals surface area contributed by atoms with E-state index in [2.05, 4.69) is 6.92 Å². The second-order valence-corrected chi connectivity index (χ2v) is 5.16. The molecule has 0 radical (unpaired) electrons. The molecule has 0 aromatic rings. The second-order valence-electron chi connectivity index (χ2n) is 5.16. The smallest absolute Gasteiger partial charge is 0.0907 e. The van der Waals surface area contributed by atoms with Crippen molar-refractivity contribution < 1.29 is 9.84 Å². The van der Waals surface area contributed by atoms with Gasteiger partial charge in [0.05, 0.1) is 11.7 Å². The molecule has 0 saturated heterocycles. The zero-order valence-electron chi connectivity index (χ0n) is 10.6. The molecule has 2 heteroatoms. The van der Waals surface area contributed by atoms with Crippen LogP contribution in [0.2, 0.25) is 0 Å². The van der Waals surface area contributed by atoms with Gasteiger partial charge in [-0.3, -0.25) is 0 Å². The van der Waals surface area contributed by atoms with E-state index in [0.29, 0.717) is 11.8 Å². The van der Waals surface area contributed by atoms with Crippen molar-refractivity contribution in [2.45, 2.75) is 64.6 Å². The van der Waals surface area contributed by atoms with Gasteiger partial charge in [-0.1, -0.05) is 32.6 Å².